The quantitative estimate of drug-likeness (QED) is 0.681. The van der Waals surface area contributed by atoms with Crippen LogP contribution in [0.15, 0.2) is 42.5 Å². The van der Waals surface area contributed by atoms with Crippen molar-refractivity contribution in [3.63, 3.8) is 0 Å². The van der Waals surface area contributed by atoms with Gasteiger partial charge in [0.05, 0.1) is 12.2 Å². The molecule has 2 aromatic carbocycles. The molecule has 0 saturated heterocycles. The highest BCUT2D eigenvalue weighted by molar-refractivity contribution is 6.31. The molecule has 0 bridgehead atoms. The molecule has 0 fully saturated rings. The van der Waals surface area contributed by atoms with Crippen LogP contribution < -0.4 is 15.0 Å². The van der Waals surface area contributed by atoms with Gasteiger partial charge >= 0.3 is 5.97 Å². The second-order valence-electron chi connectivity index (χ2n) is 5.31. The molecule has 0 unspecified atom stereocenters. The van der Waals surface area contributed by atoms with Crippen molar-refractivity contribution in [2.75, 3.05) is 18.0 Å². The molecule has 3 rings (SSSR count). The average molecular weight is 349 g/mol. The predicted molar refractivity (Wildman–Crippen MR) is 87.5 cm³/mol. The molecule has 24 heavy (non-hydrogen) atoms. The monoisotopic (exact) mass is 348 g/mol. The third kappa shape index (κ3) is 3.65. The van der Waals surface area contributed by atoms with Crippen LogP contribution in [0.5, 0.6) is 5.75 Å². The van der Waals surface area contributed by atoms with Gasteiger partial charge in [-0.1, -0.05) is 29.8 Å². The molecule has 0 saturated carbocycles. The summed E-state index contributed by atoms with van der Waals surface area (Å²) < 4.78 is 18.7. The van der Waals surface area contributed by atoms with Crippen molar-refractivity contribution in [1.82, 2.24) is 5.32 Å². The van der Waals surface area contributed by atoms with Gasteiger partial charge in [-0.25, -0.2) is 9.18 Å². The van der Waals surface area contributed by atoms with E-state index in [0.717, 1.165) is 0 Å². The number of hydrogen-bond donors (Lipinski definition) is 1. The minimum Gasteiger partial charge on any atom is -0.423 e. The standard InChI is InChI=1S/C17H14ClFN2O3/c18-12-5-6-15-14(7-12)21(10-17(23)24-15)9-16(22)20-8-11-3-1-2-4-13(11)19/h1-7H,8-10H2,(H,20,22). The van der Waals surface area contributed by atoms with E-state index in [9.17, 15) is 14.0 Å². The molecule has 0 atom stereocenters. The highest BCUT2D eigenvalue weighted by atomic mass is 35.5. The van der Waals surface area contributed by atoms with Crippen molar-refractivity contribution in [3.8, 4) is 5.75 Å². The van der Waals surface area contributed by atoms with Crippen molar-refractivity contribution in [1.29, 1.82) is 0 Å². The Hall–Kier alpha value is -2.60. The molecule has 0 aromatic heterocycles. The van der Waals surface area contributed by atoms with E-state index >= 15 is 0 Å². The van der Waals surface area contributed by atoms with Crippen LogP contribution in [0, 0.1) is 5.82 Å². The van der Waals surface area contributed by atoms with Gasteiger partial charge in [0.25, 0.3) is 0 Å². The van der Waals surface area contributed by atoms with E-state index in [1.807, 2.05) is 0 Å². The smallest absolute Gasteiger partial charge is 0.331 e. The SMILES string of the molecule is O=C(CN1CC(=O)Oc2ccc(Cl)cc21)NCc1ccccc1F. The van der Waals surface area contributed by atoms with E-state index < -0.39 is 5.97 Å². The van der Waals surface area contributed by atoms with Crippen LogP contribution in [0.25, 0.3) is 0 Å². The van der Waals surface area contributed by atoms with E-state index in [-0.39, 0.29) is 31.4 Å². The summed E-state index contributed by atoms with van der Waals surface area (Å²) in [7, 11) is 0. The zero-order valence-corrected chi connectivity index (χ0v) is 13.3. The second kappa shape index (κ2) is 6.88. The maximum Gasteiger partial charge on any atom is 0.331 e. The lowest BCUT2D eigenvalue weighted by Gasteiger charge is -2.29. The summed E-state index contributed by atoms with van der Waals surface area (Å²) in [5.74, 6) is -0.806. The molecule has 1 heterocycles. The van der Waals surface area contributed by atoms with E-state index in [1.54, 1.807) is 41.3 Å². The normalized spacial score (nSPS) is 13.2. The van der Waals surface area contributed by atoms with Gasteiger partial charge in [0.1, 0.15) is 12.4 Å². The van der Waals surface area contributed by atoms with Gasteiger partial charge in [0, 0.05) is 17.1 Å². The first-order valence-electron chi connectivity index (χ1n) is 7.28. The summed E-state index contributed by atoms with van der Waals surface area (Å²) in [6.45, 7) is -0.0381. The maximum atomic E-state index is 13.6. The molecular weight excluding hydrogens is 335 g/mol. The molecule has 1 N–H and O–H groups in total. The zero-order chi connectivity index (χ0) is 17.1. The summed E-state index contributed by atoms with van der Waals surface area (Å²) in [5, 5.41) is 3.12. The molecule has 1 aliphatic heterocycles. The fraction of sp³-hybridized carbons (Fsp3) is 0.176. The first-order chi connectivity index (χ1) is 11.5. The summed E-state index contributed by atoms with van der Waals surface area (Å²) >= 11 is 5.96. The van der Waals surface area contributed by atoms with Crippen molar-refractivity contribution in [2.45, 2.75) is 6.54 Å². The summed E-state index contributed by atoms with van der Waals surface area (Å²) in [4.78, 5) is 25.4. The molecule has 2 aromatic rings. The first-order valence-corrected chi connectivity index (χ1v) is 7.66. The molecule has 1 aliphatic rings. The number of nitrogens with zero attached hydrogens (tertiary/aromatic N) is 1. The number of benzene rings is 2. The highest BCUT2D eigenvalue weighted by Crippen LogP contribution is 2.34. The molecule has 124 valence electrons. The maximum absolute atomic E-state index is 13.6. The van der Waals surface area contributed by atoms with Gasteiger partial charge in [0.15, 0.2) is 5.75 Å². The largest absolute Gasteiger partial charge is 0.423 e. The molecule has 0 spiro atoms. The highest BCUT2D eigenvalue weighted by Gasteiger charge is 2.25. The van der Waals surface area contributed by atoms with Gasteiger partial charge in [-0.05, 0) is 24.3 Å². The van der Waals surface area contributed by atoms with E-state index in [4.69, 9.17) is 16.3 Å². The lowest BCUT2D eigenvalue weighted by Crippen LogP contribution is -2.43. The summed E-state index contributed by atoms with van der Waals surface area (Å²) in [6.07, 6.45) is 0. The number of carbonyl (C=O) groups is 2. The van der Waals surface area contributed by atoms with Crippen LogP contribution in [-0.2, 0) is 16.1 Å². The number of halogens is 2. The van der Waals surface area contributed by atoms with Gasteiger partial charge in [-0.2, -0.15) is 0 Å². The van der Waals surface area contributed by atoms with Gasteiger partial charge in [-0.15, -0.1) is 0 Å². The number of fused-ring (bicyclic) bond motifs is 1. The van der Waals surface area contributed by atoms with E-state index in [1.165, 1.54) is 6.07 Å². The predicted octanol–water partition coefficient (Wildman–Crippen LogP) is 2.52. The molecule has 1 amide bonds. The van der Waals surface area contributed by atoms with Crippen molar-refractivity contribution >= 4 is 29.2 Å². The minimum absolute atomic E-state index is 0.0551. The van der Waals surface area contributed by atoms with Crippen LogP contribution in [0.2, 0.25) is 5.02 Å². The van der Waals surface area contributed by atoms with Gasteiger partial charge in [-0.3, -0.25) is 4.79 Å². The Kier molecular flexibility index (Phi) is 4.66. The van der Waals surface area contributed by atoms with Crippen LogP contribution in [0.3, 0.4) is 0 Å². The Morgan fingerprint density at radius 1 is 1.29 bits per heavy atom. The number of nitrogens with one attached hydrogen (secondary N) is 1. The number of rotatable bonds is 4. The third-order valence-corrected chi connectivity index (χ3v) is 3.81. The van der Waals surface area contributed by atoms with Crippen molar-refractivity contribution in [3.05, 3.63) is 58.9 Å². The third-order valence-electron chi connectivity index (χ3n) is 3.57. The van der Waals surface area contributed by atoms with Crippen molar-refractivity contribution < 1.29 is 18.7 Å². The Morgan fingerprint density at radius 2 is 2.08 bits per heavy atom. The second-order valence-corrected chi connectivity index (χ2v) is 5.75. The number of amides is 1. The summed E-state index contributed by atoms with van der Waals surface area (Å²) in [5.41, 5.74) is 0.968. The van der Waals surface area contributed by atoms with Gasteiger partial charge in [0.2, 0.25) is 5.91 Å². The van der Waals surface area contributed by atoms with E-state index in [2.05, 4.69) is 5.32 Å². The van der Waals surface area contributed by atoms with Crippen molar-refractivity contribution in [2.24, 2.45) is 0 Å². The lowest BCUT2D eigenvalue weighted by molar-refractivity contribution is -0.133. The summed E-state index contributed by atoms with van der Waals surface area (Å²) in [6, 6.07) is 11.0. The zero-order valence-electron chi connectivity index (χ0n) is 12.6. The van der Waals surface area contributed by atoms with Gasteiger partial charge < -0.3 is 15.0 Å². The molecule has 0 aliphatic carbocycles. The Labute approximate surface area is 143 Å². The average Bonchev–Trinajstić information content (AvgIpc) is 2.55. The number of esters is 1. The fourth-order valence-electron chi connectivity index (χ4n) is 2.43. The molecule has 7 heteroatoms. The minimum atomic E-state index is -0.452. The Bertz CT molecular complexity index is 797. The first kappa shape index (κ1) is 16.3. The molecule has 5 nitrogen and oxygen atoms in total. The lowest BCUT2D eigenvalue weighted by atomic mass is 10.2. The number of anilines is 1. The Balaban J connectivity index is 1.67. The van der Waals surface area contributed by atoms with E-state index in [0.29, 0.717) is 22.0 Å². The number of carbonyl (C=O) groups excluding carboxylic acids is 2. The number of hydrogen-bond acceptors (Lipinski definition) is 4. The topological polar surface area (TPSA) is 58.6 Å². The van der Waals surface area contributed by atoms with Crippen LogP contribution >= 0.6 is 11.6 Å². The molecule has 0 radical (unpaired) electrons. The van der Waals surface area contributed by atoms with Crippen LogP contribution in [-0.4, -0.2) is 25.0 Å². The van der Waals surface area contributed by atoms with Crippen LogP contribution in [0.1, 0.15) is 5.56 Å². The van der Waals surface area contributed by atoms with Crippen LogP contribution in [0.4, 0.5) is 10.1 Å². The molecular formula is C17H14ClFN2O3. The fourth-order valence-corrected chi connectivity index (χ4v) is 2.59. The number of ether oxygens (including phenoxy) is 1. The Morgan fingerprint density at radius 3 is 2.88 bits per heavy atom.